The van der Waals surface area contributed by atoms with E-state index in [1.165, 1.54) is 40.5 Å². The van der Waals surface area contributed by atoms with Crippen LogP contribution >= 0.6 is 0 Å². The van der Waals surface area contributed by atoms with Crippen LogP contribution in [-0.2, 0) is 14.3 Å². The zero-order valence-corrected chi connectivity index (χ0v) is 26.7. The van der Waals surface area contributed by atoms with E-state index in [9.17, 15) is 24.0 Å². The minimum atomic E-state index is -1.29. The Morgan fingerprint density at radius 2 is 1.67 bits per heavy atom. The molecule has 0 spiro atoms. The molecule has 0 bridgehead atoms. The number of ether oxygens (including phenoxy) is 2. The molecule has 0 saturated carbocycles. The number of piperazine rings is 1. The number of urea groups is 1. The highest BCUT2D eigenvalue weighted by atomic mass is 16.6. The van der Waals surface area contributed by atoms with E-state index >= 15 is 0 Å². The van der Waals surface area contributed by atoms with Gasteiger partial charge in [-0.2, -0.15) is 4.98 Å². The molecule has 46 heavy (non-hydrogen) atoms. The summed E-state index contributed by atoms with van der Waals surface area (Å²) in [7, 11) is 0. The van der Waals surface area contributed by atoms with Crippen molar-refractivity contribution in [1.29, 1.82) is 0 Å². The van der Waals surface area contributed by atoms with Gasteiger partial charge in [-0.3, -0.25) is 14.7 Å². The topological polar surface area (TPSA) is 196 Å². The molecule has 16 nitrogen and oxygen atoms in total. The highest BCUT2D eigenvalue weighted by Crippen LogP contribution is 2.20. The smallest absolute Gasteiger partial charge is 0.407 e. The molecule has 1 aromatic carbocycles. The van der Waals surface area contributed by atoms with Crippen LogP contribution in [0.5, 0.6) is 0 Å². The van der Waals surface area contributed by atoms with Gasteiger partial charge in [0.1, 0.15) is 17.0 Å². The molecule has 2 aliphatic rings. The molecular formula is C30H42N8O8. The van der Waals surface area contributed by atoms with Crippen LogP contribution in [0, 0.1) is 0 Å². The van der Waals surface area contributed by atoms with E-state index in [-0.39, 0.29) is 50.0 Å². The second kappa shape index (κ2) is 14.2. The molecule has 2 atom stereocenters. The summed E-state index contributed by atoms with van der Waals surface area (Å²) in [6.45, 7) is 10.6. The van der Waals surface area contributed by atoms with E-state index in [4.69, 9.17) is 14.6 Å². The standard InChI is InChI=1S/C30H42N8O8/c1-29(2,3)46-28(44)32-17-21-16-31-22(18-45-21)19-6-8-20(9-7-19)38-11-10-23(34-26(38)41)33-25(40)37-14-12-36(13-15-37)24(39)30(4,5)35-27(42)43/h6-11,21-22,31,35H,12-18H2,1-5H3,(H,32,44)(H,42,43)(H,33,34,40,41)/t21-,22?/m1/s1. The number of carboxylic acid groups (broad SMARTS) is 1. The van der Waals surface area contributed by atoms with Crippen LogP contribution in [0.15, 0.2) is 41.3 Å². The summed E-state index contributed by atoms with van der Waals surface area (Å²) >= 11 is 0. The van der Waals surface area contributed by atoms with Crippen molar-refractivity contribution in [3.63, 3.8) is 0 Å². The van der Waals surface area contributed by atoms with E-state index in [1.54, 1.807) is 32.9 Å². The minimum Gasteiger partial charge on any atom is -0.465 e. The number of morpholine rings is 1. The third-order valence-electron chi connectivity index (χ3n) is 7.38. The van der Waals surface area contributed by atoms with Crippen molar-refractivity contribution in [3.8, 4) is 5.69 Å². The van der Waals surface area contributed by atoms with Crippen molar-refractivity contribution < 1.29 is 33.8 Å². The maximum absolute atomic E-state index is 12.8. The van der Waals surface area contributed by atoms with Gasteiger partial charge in [0, 0.05) is 45.5 Å². The van der Waals surface area contributed by atoms with E-state index in [0.717, 1.165) is 5.56 Å². The van der Waals surface area contributed by atoms with Crippen molar-refractivity contribution >= 4 is 29.9 Å². The first-order chi connectivity index (χ1) is 21.6. The van der Waals surface area contributed by atoms with Gasteiger partial charge < -0.3 is 40.3 Å². The maximum Gasteiger partial charge on any atom is 0.407 e. The molecule has 2 aromatic rings. The summed E-state index contributed by atoms with van der Waals surface area (Å²) in [6, 6.07) is 8.36. The van der Waals surface area contributed by atoms with Gasteiger partial charge in [0.05, 0.1) is 24.4 Å². The Balaban J connectivity index is 1.26. The number of hydrogen-bond acceptors (Lipinski definition) is 9. The summed E-state index contributed by atoms with van der Waals surface area (Å²) in [6.07, 6.45) is -0.452. The average molecular weight is 643 g/mol. The normalized spacial score (nSPS) is 18.8. The van der Waals surface area contributed by atoms with E-state index < -0.39 is 35.0 Å². The van der Waals surface area contributed by atoms with Crippen molar-refractivity contribution in [1.82, 2.24) is 35.3 Å². The number of hydrogen-bond donors (Lipinski definition) is 5. The summed E-state index contributed by atoms with van der Waals surface area (Å²) in [5.41, 5.74) is -0.878. The van der Waals surface area contributed by atoms with Crippen molar-refractivity contribution in [2.45, 2.75) is 57.9 Å². The molecule has 3 heterocycles. The number of nitrogens with zero attached hydrogens (tertiary/aromatic N) is 4. The third kappa shape index (κ3) is 9.17. The fourth-order valence-electron chi connectivity index (χ4n) is 5.03. The number of amides is 5. The zero-order chi connectivity index (χ0) is 33.6. The Morgan fingerprint density at radius 3 is 2.24 bits per heavy atom. The van der Waals surface area contributed by atoms with E-state index in [1.807, 2.05) is 12.1 Å². The number of benzene rings is 1. The highest BCUT2D eigenvalue weighted by molar-refractivity contribution is 5.90. The number of carbonyl (C=O) groups excluding carboxylic acids is 3. The lowest BCUT2D eigenvalue weighted by Gasteiger charge is -2.38. The molecule has 5 N–H and O–H groups in total. The van der Waals surface area contributed by atoms with Crippen LogP contribution in [-0.4, -0.2) is 112 Å². The predicted molar refractivity (Wildman–Crippen MR) is 167 cm³/mol. The molecule has 250 valence electrons. The quantitative estimate of drug-likeness (QED) is 0.295. The number of anilines is 1. The number of carbonyl (C=O) groups is 4. The number of nitrogens with one attached hydrogen (secondary N) is 4. The van der Waals surface area contributed by atoms with Gasteiger partial charge in [0.25, 0.3) is 0 Å². The maximum atomic E-state index is 12.8. The molecule has 0 aliphatic carbocycles. The van der Waals surface area contributed by atoms with Crippen LogP contribution in [0.2, 0.25) is 0 Å². The van der Waals surface area contributed by atoms with Gasteiger partial charge in [-0.1, -0.05) is 12.1 Å². The Labute approximate surface area is 266 Å². The fourth-order valence-corrected chi connectivity index (χ4v) is 5.03. The molecule has 2 saturated heterocycles. The first kappa shape index (κ1) is 34.2. The monoisotopic (exact) mass is 642 g/mol. The molecule has 1 aromatic heterocycles. The largest absolute Gasteiger partial charge is 0.465 e. The number of aromatic nitrogens is 2. The van der Waals surface area contributed by atoms with Gasteiger partial charge in [-0.15, -0.1) is 0 Å². The first-order valence-corrected chi connectivity index (χ1v) is 15.0. The highest BCUT2D eigenvalue weighted by Gasteiger charge is 2.35. The summed E-state index contributed by atoms with van der Waals surface area (Å²) in [4.78, 5) is 68.2. The molecule has 1 unspecified atom stereocenters. The lowest BCUT2D eigenvalue weighted by molar-refractivity contribution is -0.138. The molecule has 2 aliphatic heterocycles. The molecule has 2 fully saturated rings. The third-order valence-corrected chi connectivity index (χ3v) is 7.38. The molecular weight excluding hydrogens is 600 g/mol. The Morgan fingerprint density at radius 1 is 1.02 bits per heavy atom. The molecule has 4 rings (SSSR count). The van der Waals surface area contributed by atoms with E-state index in [0.29, 0.717) is 25.4 Å². The Hall–Kier alpha value is -4.70. The van der Waals surface area contributed by atoms with Crippen molar-refractivity contribution in [2.75, 3.05) is 51.2 Å². The summed E-state index contributed by atoms with van der Waals surface area (Å²) in [5.74, 6) is -0.289. The number of alkyl carbamates (subject to hydrolysis) is 1. The minimum absolute atomic E-state index is 0.0628. The predicted octanol–water partition coefficient (Wildman–Crippen LogP) is 1.51. The average Bonchev–Trinajstić information content (AvgIpc) is 2.99. The Kier molecular flexibility index (Phi) is 10.5. The van der Waals surface area contributed by atoms with Crippen molar-refractivity contribution in [3.05, 3.63) is 52.6 Å². The molecule has 16 heteroatoms. The zero-order valence-electron chi connectivity index (χ0n) is 26.7. The van der Waals surface area contributed by atoms with Crippen LogP contribution in [0.4, 0.5) is 20.2 Å². The van der Waals surface area contributed by atoms with Crippen LogP contribution < -0.4 is 27.0 Å². The van der Waals surface area contributed by atoms with Crippen LogP contribution in [0.1, 0.15) is 46.2 Å². The first-order valence-electron chi connectivity index (χ1n) is 15.0. The number of rotatable bonds is 7. The Bertz CT molecular complexity index is 1470. The van der Waals surface area contributed by atoms with Gasteiger partial charge in [0.2, 0.25) is 5.91 Å². The van der Waals surface area contributed by atoms with Gasteiger partial charge in [0.15, 0.2) is 0 Å². The van der Waals surface area contributed by atoms with Gasteiger partial charge in [-0.25, -0.2) is 19.2 Å². The van der Waals surface area contributed by atoms with Gasteiger partial charge in [-0.05, 0) is 58.4 Å². The van der Waals surface area contributed by atoms with Gasteiger partial charge >= 0.3 is 23.9 Å². The molecule has 5 amide bonds. The second-order valence-electron chi connectivity index (χ2n) is 12.6. The fraction of sp³-hybridized carbons (Fsp3) is 0.533. The SMILES string of the molecule is CC(C)(C)OC(=O)NC[C@H]1CNC(c2ccc(-n3ccc(NC(=O)N4CCN(C(=O)C(C)(C)NC(=O)O)CC4)nc3=O)cc2)CO1. The van der Waals surface area contributed by atoms with Crippen molar-refractivity contribution in [2.24, 2.45) is 0 Å². The molecule has 0 radical (unpaired) electrons. The summed E-state index contributed by atoms with van der Waals surface area (Å²) < 4.78 is 12.5. The van der Waals surface area contributed by atoms with Crippen LogP contribution in [0.25, 0.3) is 5.69 Å². The van der Waals surface area contributed by atoms with Crippen LogP contribution in [0.3, 0.4) is 0 Å². The summed E-state index contributed by atoms with van der Waals surface area (Å²) in [5, 5.41) is 19.9. The lowest BCUT2D eigenvalue weighted by Crippen LogP contribution is -2.60. The lowest BCUT2D eigenvalue weighted by atomic mass is 10.0. The second-order valence-corrected chi connectivity index (χ2v) is 12.6. The van der Waals surface area contributed by atoms with E-state index in [2.05, 4.69) is 26.3 Å².